The number of amides is 2. The molecule has 2 aliphatic rings. The van der Waals surface area contributed by atoms with Crippen LogP contribution in [-0.4, -0.2) is 78.4 Å². The molecule has 13 heteroatoms. The van der Waals surface area contributed by atoms with Gasteiger partial charge in [-0.15, -0.1) is 0 Å². The molecule has 0 spiro atoms. The van der Waals surface area contributed by atoms with Crippen LogP contribution in [-0.2, 0) is 26.9 Å². The zero-order chi connectivity index (χ0) is 31.5. The first-order valence-electron chi connectivity index (χ1n) is 14.8. The van der Waals surface area contributed by atoms with Crippen LogP contribution in [0.15, 0.2) is 54.6 Å². The number of carbonyl (C=O) groups is 1. The van der Waals surface area contributed by atoms with Crippen molar-refractivity contribution in [3.8, 4) is 11.4 Å². The molecule has 0 unspecified atom stereocenters. The van der Waals surface area contributed by atoms with Crippen LogP contribution in [0.3, 0.4) is 0 Å². The van der Waals surface area contributed by atoms with Gasteiger partial charge in [-0.3, -0.25) is 10.2 Å². The molecule has 3 heterocycles. The molecular formula is C31H42N7O5S. The quantitative estimate of drug-likeness (QED) is 0.327. The number of benzene rings is 2. The number of urea groups is 1. The first-order chi connectivity index (χ1) is 20.8. The second kappa shape index (κ2) is 12.9. The van der Waals surface area contributed by atoms with Gasteiger partial charge in [0, 0.05) is 48.9 Å². The zero-order valence-corrected chi connectivity index (χ0v) is 26.8. The summed E-state index contributed by atoms with van der Waals surface area (Å²) in [5.74, 6) is 1.24. The predicted molar refractivity (Wildman–Crippen MR) is 170 cm³/mol. The summed E-state index contributed by atoms with van der Waals surface area (Å²) >= 11 is 0. The van der Waals surface area contributed by atoms with E-state index in [0.29, 0.717) is 18.1 Å². The van der Waals surface area contributed by atoms with Gasteiger partial charge in [-0.1, -0.05) is 32.9 Å². The number of hydrogen-bond donors (Lipinski definition) is 3. The molecule has 3 N–H and O–H groups in total. The highest BCUT2D eigenvalue weighted by molar-refractivity contribution is 7.87. The van der Waals surface area contributed by atoms with Gasteiger partial charge in [0.05, 0.1) is 31.1 Å². The molecule has 2 saturated heterocycles. The predicted octanol–water partition coefficient (Wildman–Crippen LogP) is 4.12. The number of hydrogen-bond acceptors (Lipinski definition) is 7. The van der Waals surface area contributed by atoms with Gasteiger partial charge in [0.15, 0.2) is 0 Å². The SMILES string of the molecule is CC(C)(C)c1cc(NC(=O)Nc2ccc(OCCN3CCOCC3)cc2)n(-c2ccc(CN3C(C)(C)[CH]NS3(=O)=O)cc2)n1. The van der Waals surface area contributed by atoms with Crippen molar-refractivity contribution in [2.24, 2.45) is 0 Å². The fourth-order valence-electron chi connectivity index (χ4n) is 4.93. The summed E-state index contributed by atoms with van der Waals surface area (Å²) in [6, 6.07) is 16.2. The minimum atomic E-state index is -3.58. The van der Waals surface area contributed by atoms with Gasteiger partial charge in [-0.25, -0.2) is 9.48 Å². The molecule has 12 nitrogen and oxygen atoms in total. The molecule has 2 amide bonds. The number of morpholine rings is 1. The van der Waals surface area contributed by atoms with Crippen molar-refractivity contribution in [3.05, 3.63) is 72.4 Å². The van der Waals surface area contributed by atoms with Crippen molar-refractivity contribution in [3.63, 3.8) is 0 Å². The van der Waals surface area contributed by atoms with Crippen molar-refractivity contribution in [1.82, 2.24) is 23.7 Å². The highest BCUT2D eigenvalue weighted by Crippen LogP contribution is 2.30. The van der Waals surface area contributed by atoms with Crippen molar-refractivity contribution in [1.29, 1.82) is 0 Å². The third-order valence-corrected chi connectivity index (χ3v) is 9.21. The molecule has 44 heavy (non-hydrogen) atoms. The normalized spacial score (nSPS) is 18.7. The summed E-state index contributed by atoms with van der Waals surface area (Å²) in [4.78, 5) is 15.4. The Labute approximate surface area is 259 Å². The Kier molecular flexibility index (Phi) is 9.33. The van der Waals surface area contributed by atoms with Crippen molar-refractivity contribution >= 4 is 27.7 Å². The van der Waals surface area contributed by atoms with Gasteiger partial charge in [0.25, 0.3) is 10.2 Å². The van der Waals surface area contributed by atoms with E-state index >= 15 is 0 Å². The Bertz CT molecular complexity index is 1540. The van der Waals surface area contributed by atoms with Crippen LogP contribution in [0.25, 0.3) is 5.69 Å². The van der Waals surface area contributed by atoms with Crippen molar-refractivity contribution in [2.75, 3.05) is 50.1 Å². The standard InChI is InChI=1S/C31H42N7O5S/c1-30(2,3)27-20-28(34-29(39)33-24-8-12-26(13-9-24)43-19-16-36-14-17-42-18-15-36)38(35-27)25-10-6-23(7-11-25)21-37-31(4,5)22-32-44(37,40)41/h6-13,20,22,32H,14-19,21H2,1-5H3,(H2,33,34,39). The minimum Gasteiger partial charge on any atom is -0.492 e. The first-order valence-corrected chi connectivity index (χ1v) is 16.2. The number of rotatable bonds is 9. The van der Waals surface area contributed by atoms with E-state index in [9.17, 15) is 13.2 Å². The molecule has 2 aromatic carbocycles. The molecule has 0 aliphatic carbocycles. The highest BCUT2D eigenvalue weighted by Gasteiger charge is 2.43. The van der Waals surface area contributed by atoms with E-state index in [2.05, 4.69) is 41.0 Å². The minimum absolute atomic E-state index is 0.219. The lowest BCUT2D eigenvalue weighted by Crippen LogP contribution is -2.40. The Morgan fingerprint density at radius 2 is 1.73 bits per heavy atom. The maximum absolute atomic E-state index is 13.0. The Morgan fingerprint density at radius 3 is 2.34 bits per heavy atom. The number of anilines is 2. The van der Waals surface area contributed by atoms with E-state index in [1.165, 1.54) is 4.31 Å². The van der Waals surface area contributed by atoms with Gasteiger partial charge in [-0.2, -0.15) is 22.5 Å². The Hall–Kier alpha value is -3.49. The van der Waals surface area contributed by atoms with Crippen LogP contribution in [0.1, 0.15) is 45.9 Å². The second-order valence-corrected chi connectivity index (χ2v) is 14.2. The highest BCUT2D eigenvalue weighted by atomic mass is 32.2. The molecule has 2 fully saturated rings. The van der Waals surface area contributed by atoms with Crippen LogP contribution < -0.4 is 20.1 Å². The van der Waals surface area contributed by atoms with Gasteiger partial charge in [-0.05, 0) is 55.8 Å². The topological polar surface area (TPSA) is 130 Å². The van der Waals surface area contributed by atoms with Gasteiger partial charge in [0.2, 0.25) is 0 Å². The summed E-state index contributed by atoms with van der Waals surface area (Å²) in [6.07, 6.45) is 0. The van der Waals surface area contributed by atoms with Crippen LogP contribution in [0.4, 0.5) is 16.3 Å². The number of nitrogens with zero attached hydrogens (tertiary/aromatic N) is 4. The molecule has 237 valence electrons. The Balaban J connectivity index is 1.23. The molecule has 0 bridgehead atoms. The molecule has 0 saturated carbocycles. The number of carbonyl (C=O) groups excluding carboxylic acids is 1. The summed E-state index contributed by atoms with van der Waals surface area (Å²) in [5.41, 5.74) is 2.08. The van der Waals surface area contributed by atoms with Crippen LogP contribution in [0.5, 0.6) is 5.75 Å². The largest absolute Gasteiger partial charge is 0.492 e. The average Bonchev–Trinajstić information content (AvgIpc) is 3.49. The maximum atomic E-state index is 13.0. The fraction of sp³-hybridized carbons (Fsp3) is 0.452. The van der Waals surface area contributed by atoms with Crippen molar-refractivity contribution in [2.45, 2.75) is 52.1 Å². The van der Waals surface area contributed by atoms with E-state index in [4.69, 9.17) is 14.6 Å². The summed E-state index contributed by atoms with van der Waals surface area (Å²) < 4.78 is 41.8. The third-order valence-electron chi connectivity index (χ3n) is 7.61. The first kappa shape index (κ1) is 31.9. The molecule has 5 rings (SSSR count). The van der Waals surface area contributed by atoms with Crippen molar-refractivity contribution < 1.29 is 22.7 Å². The molecule has 3 aromatic rings. The average molecular weight is 625 g/mol. The van der Waals surface area contributed by atoms with E-state index < -0.39 is 21.8 Å². The summed E-state index contributed by atoms with van der Waals surface area (Å²) in [6.45, 7) is 16.4. The molecular weight excluding hydrogens is 582 g/mol. The van der Waals surface area contributed by atoms with Gasteiger partial charge < -0.3 is 14.8 Å². The number of ether oxygens (including phenoxy) is 2. The molecule has 1 radical (unpaired) electrons. The zero-order valence-electron chi connectivity index (χ0n) is 26.0. The lowest BCUT2D eigenvalue weighted by atomic mass is 9.92. The molecule has 1 aromatic heterocycles. The van der Waals surface area contributed by atoms with Crippen LogP contribution >= 0.6 is 0 Å². The Morgan fingerprint density at radius 1 is 1.05 bits per heavy atom. The van der Waals surface area contributed by atoms with E-state index in [1.54, 1.807) is 23.4 Å². The van der Waals surface area contributed by atoms with E-state index in [1.807, 2.05) is 56.3 Å². The number of nitrogens with one attached hydrogen (secondary N) is 3. The van der Waals surface area contributed by atoms with E-state index in [-0.39, 0.29) is 12.0 Å². The van der Waals surface area contributed by atoms with Gasteiger partial charge in [0.1, 0.15) is 18.2 Å². The van der Waals surface area contributed by atoms with Crippen LogP contribution in [0.2, 0.25) is 0 Å². The molecule has 0 atom stereocenters. The summed E-state index contributed by atoms with van der Waals surface area (Å²) in [7, 11) is -3.58. The maximum Gasteiger partial charge on any atom is 0.324 e. The number of aromatic nitrogens is 2. The van der Waals surface area contributed by atoms with Crippen LogP contribution in [0, 0.1) is 6.54 Å². The lowest BCUT2D eigenvalue weighted by molar-refractivity contribution is 0.0322. The third kappa shape index (κ3) is 7.77. The van der Waals surface area contributed by atoms with Gasteiger partial charge >= 0.3 is 6.03 Å². The fourth-order valence-corrected chi connectivity index (χ4v) is 6.48. The van der Waals surface area contributed by atoms with E-state index in [0.717, 1.165) is 55.5 Å². The smallest absolute Gasteiger partial charge is 0.324 e. The molecule has 2 aliphatic heterocycles. The lowest BCUT2D eigenvalue weighted by Gasteiger charge is -2.27. The monoisotopic (exact) mass is 624 g/mol. The summed E-state index contributed by atoms with van der Waals surface area (Å²) in [5, 5.41) is 10.6. The second-order valence-electron chi connectivity index (χ2n) is 12.6.